The van der Waals surface area contributed by atoms with E-state index in [9.17, 15) is 18.0 Å². The topological polar surface area (TPSA) is 41.6 Å². The van der Waals surface area contributed by atoms with Crippen molar-refractivity contribution in [3.63, 3.8) is 0 Å². The van der Waals surface area contributed by atoms with Crippen LogP contribution in [0.2, 0.25) is 0 Å². The van der Waals surface area contributed by atoms with Gasteiger partial charge in [0.05, 0.1) is 5.56 Å². The molecule has 1 aromatic rings. The van der Waals surface area contributed by atoms with Crippen molar-refractivity contribution >= 4 is 5.91 Å². The van der Waals surface area contributed by atoms with E-state index in [1.165, 1.54) is 6.07 Å². The Hall–Kier alpha value is -1.60. The van der Waals surface area contributed by atoms with Crippen LogP contribution in [0.25, 0.3) is 0 Å². The molecule has 160 valence electrons. The zero-order chi connectivity index (χ0) is 20.6. The highest BCUT2D eigenvalue weighted by Crippen LogP contribution is 2.41. The largest absolute Gasteiger partial charge is 0.416 e. The molecule has 1 amide bonds. The molecule has 1 N–H and O–H groups in total. The number of carbonyl (C=O) groups is 1. The number of nitrogens with one attached hydrogen (secondary N) is 1. The maximum atomic E-state index is 13.3. The molecule has 2 aliphatic heterocycles. The summed E-state index contributed by atoms with van der Waals surface area (Å²) in [4.78, 5) is 15.1. The van der Waals surface area contributed by atoms with E-state index < -0.39 is 17.2 Å². The summed E-state index contributed by atoms with van der Waals surface area (Å²) < 4.78 is 44.6. The number of carbonyl (C=O) groups excluding carboxylic acids is 1. The minimum Gasteiger partial charge on any atom is -0.381 e. The summed E-state index contributed by atoms with van der Waals surface area (Å²) in [5.74, 6) is 0.0804. The van der Waals surface area contributed by atoms with Crippen molar-refractivity contribution in [2.24, 2.45) is 5.41 Å². The lowest BCUT2D eigenvalue weighted by atomic mass is 9.85. The van der Waals surface area contributed by atoms with Gasteiger partial charge in [0.2, 0.25) is 5.91 Å². The number of ether oxygens (including phenoxy) is 1. The number of rotatable bonds is 3. The number of benzene rings is 1. The summed E-state index contributed by atoms with van der Waals surface area (Å²) in [6, 6.07) is 4.68. The highest BCUT2D eigenvalue weighted by atomic mass is 19.4. The third-order valence-electron chi connectivity index (χ3n) is 6.78. The predicted octanol–water partition coefficient (Wildman–Crippen LogP) is 3.92. The van der Waals surface area contributed by atoms with E-state index in [-0.39, 0.29) is 12.5 Å². The van der Waals surface area contributed by atoms with Gasteiger partial charge in [-0.15, -0.1) is 0 Å². The van der Waals surface area contributed by atoms with Crippen LogP contribution >= 0.6 is 0 Å². The molecule has 1 aliphatic carbocycles. The molecule has 7 heteroatoms. The fourth-order valence-corrected chi connectivity index (χ4v) is 5.06. The second kappa shape index (κ2) is 7.91. The number of amides is 1. The Labute approximate surface area is 169 Å². The molecule has 2 heterocycles. The molecule has 1 saturated heterocycles. The van der Waals surface area contributed by atoms with Gasteiger partial charge in [-0.2, -0.15) is 13.2 Å². The van der Waals surface area contributed by atoms with Gasteiger partial charge in [0.15, 0.2) is 0 Å². The Morgan fingerprint density at radius 1 is 1.17 bits per heavy atom. The first-order chi connectivity index (χ1) is 13.7. The lowest BCUT2D eigenvalue weighted by Crippen LogP contribution is -2.45. The maximum Gasteiger partial charge on any atom is 0.416 e. The number of halogens is 3. The standard InChI is InChI=1S/C22H29F3N2O2/c1-21(8-4-19(13-21)26-18-6-10-29-11-7-18)20(28)27-9-5-15-2-3-17(22(23,24)25)12-16(15)14-27/h2-3,12,18-19,26H,4-11,13-14H2,1H3/t19-,21?/m1/s1. The van der Waals surface area contributed by atoms with E-state index in [0.717, 1.165) is 56.9 Å². The highest BCUT2D eigenvalue weighted by molar-refractivity contribution is 5.83. The molecule has 2 atom stereocenters. The zero-order valence-electron chi connectivity index (χ0n) is 16.9. The zero-order valence-corrected chi connectivity index (χ0v) is 16.9. The lowest BCUT2D eigenvalue weighted by Gasteiger charge is -2.36. The molecule has 0 aromatic heterocycles. The van der Waals surface area contributed by atoms with Crippen molar-refractivity contribution in [3.05, 3.63) is 34.9 Å². The van der Waals surface area contributed by atoms with Crippen molar-refractivity contribution in [2.45, 2.75) is 70.3 Å². The fraction of sp³-hybridized carbons (Fsp3) is 0.682. The molecule has 29 heavy (non-hydrogen) atoms. The van der Waals surface area contributed by atoms with Gasteiger partial charge in [0.1, 0.15) is 0 Å². The second-order valence-electron chi connectivity index (χ2n) is 9.01. The monoisotopic (exact) mass is 410 g/mol. The first kappa shape index (κ1) is 20.7. The molecule has 0 bridgehead atoms. The number of fused-ring (bicyclic) bond motifs is 1. The van der Waals surface area contributed by atoms with Crippen LogP contribution in [0.3, 0.4) is 0 Å². The maximum absolute atomic E-state index is 13.3. The molecule has 0 spiro atoms. The van der Waals surface area contributed by atoms with Gasteiger partial charge in [-0.1, -0.05) is 13.0 Å². The Morgan fingerprint density at radius 2 is 1.93 bits per heavy atom. The van der Waals surface area contributed by atoms with Gasteiger partial charge in [-0.05, 0) is 61.8 Å². The molecule has 1 saturated carbocycles. The summed E-state index contributed by atoms with van der Waals surface area (Å²) in [6.45, 7) is 4.43. The highest BCUT2D eigenvalue weighted by Gasteiger charge is 2.44. The minimum atomic E-state index is -4.36. The van der Waals surface area contributed by atoms with Crippen LogP contribution in [0.15, 0.2) is 18.2 Å². The van der Waals surface area contributed by atoms with Crippen LogP contribution in [0.5, 0.6) is 0 Å². The van der Waals surface area contributed by atoms with E-state index in [0.29, 0.717) is 30.6 Å². The molecule has 3 aliphatic rings. The fourth-order valence-electron chi connectivity index (χ4n) is 5.06. The van der Waals surface area contributed by atoms with Gasteiger partial charge < -0.3 is 15.0 Å². The molecule has 4 rings (SSSR count). The van der Waals surface area contributed by atoms with Crippen LogP contribution in [0.4, 0.5) is 13.2 Å². The van der Waals surface area contributed by atoms with Crippen LogP contribution in [0, 0.1) is 5.41 Å². The van der Waals surface area contributed by atoms with Gasteiger partial charge in [-0.25, -0.2) is 0 Å². The minimum absolute atomic E-state index is 0.0804. The summed E-state index contributed by atoms with van der Waals surface area (Å²) in [5.41, 5.74) is 0.455. The van der Waals surface area contributed by atoms with Gasteiger partial charge >= 0.3 is 6.18 Å². The molecule has 4 nitrogen and oxygen atoms in total. The number of hydrogen-bond donors (Lipinski definition) is 1. The van der Waals surface area contributed by atoms with Crippen LogP contribution < -0.4 is 5.32 Å². The summed E-state index contributed by atoms with van der Waals surface area (Å²) in [7, 11) is 0. The van der Waals surface area contributed by atoms with Crippen molar-refractivity contribution in [2.75, 3.05) is 19.8 Å². The normalized spacial score (nSPS) is 28.4. The molecule has 1 unspecified atom stereocenters. The van der Waals surface area contributed by atoms with Crippen molar-refractivity contribution < 1.29 is 22.7 Å². The third-order valence-corrected chi connectivity index (χ3v) is 6.78. The molecular weight excluding hydrogens is 381 g/mol. The number of nitrogens with zero attached hydrogens (tertiary/aromatic N) is 1. The quantitative estimate of drug-likeness (QED) is 0.821. The summed E-state index contributed by atoms with van der Waals surface area (Å²) in [5, 5.41) is 3.69. The smallest absolute Gasteiger partial charge is 0.381 e. The Balaban J connectivity index is 1.41. The molecular formula is C22H29F3N2O2. The van der Waals surface area contributed by atoms with E-state index in [1.807, 2.05) is 6.92 Å². The third kappa shape index (κ3) is 4.45. The van der Waals surface area contributed by atoms with E-state index in [4.69, 9.17) is 4.74 Å². The number of alkyl halides is 3. The van der Waals surface area contributed by atoms with Gasteiger partial charge in [-0.3, -0.25) is 4.79 Å². The van der Waals surface area contributed by atoms with Crippen LogP contribution in [-0.2, 0) is 28.7 Å². The molecule has 1 aromatic carbocycles. The second-order valence-corrected chi connectivity index (χ2v) is 9.01. The van der Waals surface area contributed by atoms with Crippen LogP contribution in [-0.4, -0.2) is 42.6 Å². The average Bonchev–Trinajstić information content (AvgIpc) is 3.08. The van der Waals surface area contributed by atoms with E-state index in [1.54, 1.807) is 11.0 Å². The van der Waals surface area contributed by atoms with Crippen molar-refractivity contribution in [3.8, 4) is 0 Å². The first-order valence-electron chi connectivity index (χ1n) is 10.6. The van der Waals surface area contributed by atoms with E-state index in [2.05, 4.69) is 5.32 Å². The molecule has 2 fully saturated rings. The predicted molar refractivity (Wildman–Crippen MR) is 103 cm³/mol. The first-order valence-corrected chi connectivity index (χ1v) is 10.6. The lowest BCUT2D eigenvalue weighted by molar-refractivity contribution is -0.142. The summed E-state index contributed by atoms with van der Waals surface area (Å²) >= 11 is 0. The number of hydrogen-bond acceptors (Lipinski definition) is 3. The SMILES string of the molecule is CC1(C(=O)N2CCc3ccc(C(F)(F)F)cc3C2)CC[C@@H](NC2CCOCC2)C1. The van der Waals surface area contributed by atoms with Gasteiger partial charge in [0, 0.05) is 43.8 Å². The Bertz CT molecular complexity index is 761. The van der Waals surface area contributed by atoms with E-state index >= 15 is 0 Å². The Morgan fingerprint density at radius 3 is 2.66 bits per heavy atom. The summed E-state index contributed by atoms with van der Waals surface area (Å²) in [6.07, 6.45) is 0.827. The Kier molecular flexibility index (Phi) is 5.64. The van der Waals surface area contributed by atoms with Crippen molar-refractivity contribution in [1.29, 1.82) is 0 Å². The van der Waals surface area contributed by atoms with Crippen LogP contribution in [0.1, 0.15) is 55.7 Å². The molecule has 0 radical (unpaired) electrons. The average molecular weight is 410 g/mol. The van der Waals surface area contributed by atoms with Crippen molar-refractivity contribution in [1.82, 2.24) is 10.2 Å². The van der Waals surface area contributed by atoms with Gasteiger partial charge in [0.25, 0.3) is 0 Å².